The van der Waals surface area contributed by atoms with Gasteiger partial charge in [0.1, 0.15) is 0 Å². The number of urea groups is 1. The van der Waals surface area contributed by atoms with Gasteiger partial charge in [0, 0.05) is 13.1 Å². The highest BCUT2D eigenvalue weighted by Gasteiger charge is 2.41. The molecule has 1 rings (SSSR count). The van der Waals surface area contributed by atoms with Gasteiger partial charge in [-0.05, 0) is 43.9 Å². The highest BCUT2D eigenvalue weighted by molar-refractivity contribution is 5.73. The summed E-state index contributed by atoms with van der Waals surface area (Å²) in [7, 11) is 0. The predicted octanol–water partition coefficient (Wildman–Crippen LogP) is 2.27. The van der Waals surface area contributed by atoms with Crippen LogP contribution in [0.3, 0.4) is 0 Å². The molecule has 1 saturated carbocycles. The maximum absolute atomic E-state index is 11.6. The summed E-state index contributed by atoms with van der Waals surface area (Å²) in [6, 6.07) is -0.0742. The first-order valence-corrected chi connectivity index (χ1v) is 7.17. The van der Waals surface area contributed by atoms with Gasteiger partial charge < -0.3 is 15.7 Å². The van der Waals surface area contributed by atoms with Crippen LogP contribution < -0.4 is 10.6 Å². The number of nitrogens with one attached hydrogen (secondary N) is 2. The van der Waals surface area contributed by atoms with Crippen LogP contribution in [0.4, 0.5) is 4.79 Å². The van der Waals surface area contributed by atoms with Crippen LogP contribution in [-0.4, -0.2) is 30.3 Å². The van der Waals surface area contributed by atoms with Crippen LogP contribution in [0, 0.1) is 11.3 Å². The predicted molar refractivity (Wildman–Crippen MR) is 73.4 cm³/mol. The molecule has 2 amide bonds. The number of carbonyl (C=O) groups excluding carboxylic acids is 1. The summed E-state index contributed by atoms with van der Waals surface area (Å²) in [6.45, 7) is 7.43. The number of aliphatic hydroxyl groups excluding tert-OH is 1. The molecule has 2 unspecified atom stereocenters. The van der Waals surface area contributed by atoms with Crippen LogP contribution in [0.2, 0.25) is 0 Å². The topological polar surface area (TPSA) is 61.4 Å². The van der Waals surface area contributed by atoms with Gasteiger partial charge in [0.15, 0.2) is 0 Å². The van der Waals surface area contributed by atoms with Crippen molar-refractivity contribution in [1.82, 2.24) is 10.6 Å². The number of amides is 2. The molecule has 4 nitrogen and oxygen atoms in total. The quantitative estimate of drug-likeness (QED) is 0.624. The van der Waals surface area contributed by atoms with Crippen molar-refractivity contribution in [2.75, 3.05) is 13.1 Å². The molecule has 0 saturated heterocycles. The van der Waals surface area contributed by atoms with Gasteiger partial charge in [-0.1, -0.05) is 20.3 Å². The van der Waals surface area contributed by atoms with Crippen molar-refractivity contribution in [2.24, 2.45) is 11.3 Å². The average Bonchev–Trinajstić information content (AvgIpc) is 3.04. The summed E-state index contributed by atoms with van der Waals surface area (Å²) in [6.07, 6.45) is 5.32. The number of aliphatic hydroxyl groups is 1. The third-order valence-corrected chi connectivity index (χ3v) is 3.72. The van der Waals surface area contributed by atoms with Gasteiger partial charge >= 0.3 is 6.03 Å². The second-order valence-corrected chi connectivity index (χ2v) is 6.00. The van der Waals surface area contributed by atoms with Crippen LogP contribution in [0.1, 0.15) is 52.9 Å². The van der Waals surface area contributed by atoms with E-state index in [0.717, 1.165) is 13.0 Å². The van der Waals surface area contributed by atoms with Crippen LogP contribution in [0.5, 0.6) is 0 Å². The maximum atomic E-state index is 11.6. The van der Waals surface area contributed by atoms with Crippen LogP contribution in [0.25, 0.3) is 0 Å². The van der Waals surface area contributed by atoms with Crippen molar-refractivity contribution in [1.29, 1.82) is 0 Å². The summed E-state index contributed by atoms with van der Waals surface area (Å²) >= 11 is 0. The zero-order chi connectivity index (χ0) is 13.6. The SMILES string of the molecule is CCCC1(CNC(=O)NCC(C)CC(C)O)CC1. The Balaban J connectivity index is 2.11. The summed E-state index contributed by atoms with van der Waals surface area (Å²) in [5.74, 6) is 0.307. The minimum absolute atomic E-state index is 0.0742. The molecule has 2 atom stereocenters. The molecule has 1 aliphatic carbocycles. The Morgan fingerprint density at radius 3 is 2.50 bits per heavy atom. The molecule has 1 aliphatic rings. The van der Waals surface area contributed by atoms with Gasteiger partial charge in [0.25, 0.3) is 0 Å². The van der Waals surface area contributed by atoms with E-state index >= 15 is 0 Å². The zero-order valence-electron chi connectivity index (χ0n) is 12.0. The average molecular weight is 256 g/mol. The molecule has 106 valence electrons. The first-order valence-electron chi connectivity index (χ1n) is 7.17. The summed E-state index contributed by atoms with van der Waals surface area (Å²) < 4.78 is 0. The van der Waals surface area contributed by atoms with E-state index in [1.54, 1.807) is 6.92 Å². The molecule has 0 bridgehead atoms. The van der Waals surface area contributed by atoms with Gasteiger partial charge in [0.2, 0.25) is 0 Å². The summed E-state index contributed by atoms with van der Waals surface area (Å²) in [4.78, 5) is 11.6. The molecule has 0 heterocycles. The second kappa shape index (κ2) is 6.98. The van der Waals surface area contributed by atoms with Crippen molar-refractivity contribution in [3.63, 3.8) is 0 Å². The van der Waals surface area contributed by atoms with Gasteiger partial charge in [0.05, 0.1) is 6.10 Å². The van der Waals surface area contributed by atoms with E-state index in [0.29, 0.717) is 17.9 Å². The van der Waals surface area contributed by atoms with Crippen LogP contribution in [0.15, 0.2) is 0 Å². The molecule has 4 heteroatoms. The Kier molecular flexibility index (Phi) is 5.93. The van der Waals surface area contributed by atoms with Gasteiger partial charge in [-0.15, -0.1) is 0 Å². The molecule has 0 aromatic heterocycles. The fourth-order valence-electron chi connectivity index (χ4n) is 2.49. The van der Waals surface area contributed by atoms with Crippen molar-refractivity contribution in [3.05, 3.63) is 0 Å². The molecule has 0 aromatic carbocycles. The van der Waals surface area contributed by atoms with Gasteiger partial charge in [-0.25, -0.2) is 4.79 Å². The molecule has 0 aliphatic heterocycles. The Hall–Kier alpha value is -0.770. The minimum Gasteiger partial charge on any atom is -0.393 e. The Bertz CT molecular complexity index is 263. The number of rotatable bonds is 8. The highest BCUT2D eigenvalue weighted by atomic mass is 16.3. The molecule has 0 radical (unpaired) electrons. The molecular weight excluding hydrogens is 228 g/mol. The first-order chi connectivity index (χ1) is 8.47. The highest BCUT2D eigenvalue weighted by Crippen LogP contribution is 2.48. The van der Waals surface area contributed by atoms with E-state index in [1.807, 2.05) is 6.92 Å². The van der Waals surface area contributed by atoms with Crippen molar-refractivity contribution >= 4 is 6.03 Å². The van der Waals surface area contributed by atoms with Gasteiger partial charge in [-0.2, -0.15) is 0 Å². The number of hydrogen-bond donors (Lipinski definition) is 3. The molecule has 0 spiro atoms. The molecule has 0 aromatic rings. The first kappa shape index (κ1) is 15.3. The second-order valence-electron chi connectivity index (χ2n) is 6.00. The standard InChI is InChI=1S/C14H28N2O2/c1-4-5-14(6-7-14)10-16-13(18)15-9-11(2)8-12(3)17/h11-12,17H,4-10H2,1-3H3,(H2,15,16,18). The smallest absolute Gasteiger partial charge is 0.314 e. The largest absolute Gasteiger partial charge is 0.393 e. The van der Waals surface area contributed by atoms with E-state index in [9.17, 15) is 9.90 Å². The minimum atomic E-state index is -0.302. The Morgan fingerprint density at radius 2 is 2.00 bits per heavy atom. The summed E-state index contributed by atoms with van der Waals surface area (Å²) in [5, 5.41) is 15.1. The van der Waals surface area contributed by atoms with E-state index < -0.39 is 0 Å². The Labute approximate surface area is 111 Å². The maximum Gasteiger partial charge on any atom is 0.314 e. The lowest BCUT2D eigenvalue weighted by molar-refractivity contribution is 0.163. The molecule has 18 heavy (non-hydrogen) atoms. The van der Waals surface area contributed by atoms with Gasteiger partial charge in [-0.3, -0.25) is 0 Å². The Morgan fingerprint density at radius 1 is 1.33 bits per heavy atom. The molecular formula is C14H28N2O2. The molecule has 1 fully saturated rings. The van der Waals surface area contributed by atoms with E-state index in [4.69, 9.17) is 0 Å². The lowest BCUT2D eigenvalue weighted by Gasteiger charge is -2.17. The van der Waals surface area contributed by atoms with Crippen LogP contribution >= 0.6 is 0 Å². The van der Waals surface area contributed by atoms with Crippen molar-refractivity contribution in [2.45, 2.75) is 59.0 Å². The van der Waals surface area contributed by atoms with E-state index in [-0.39, 0.29) is 12.1 Å². The molecule has 3 N–H and O–H groups in total. The van der Waals surface area contributed by atoms with Crippen LogP contribution in [-0.2, 0) is 0 Å². The lowest BCUT2D eigenvalue weighted by Crippen LogP contribution is -2.40. The van der Waals surface area contributed by atoms with Crippen molar-refractivity contribution in [3.8, 4) is 0 Å². The fraction of sp³-hybridized carbons (Fsp3) is 0.929. The number of hydrogen-bond acceptors (Lipinski definition) is 2. The van der Waals surface area contributed by atoms with Crippen molar-refractivity contribution < 1.29 is 9.90 Å². The lowest BCUT2D eigenvalue weighted by atomic mass is 10.0. The fourth-order valence-corrected chi connectivity index (χ4v) is 2.49. The number of carbonyl (C=O) groups is 1. The van der Waals surface area contributed by atoms with E-state index in [1.165, 1.54) is 25.7 Å². The summed E-state index contributed by atoms with van der Waals surface area (Å²) in [5.41, 5.74) is 0.400. The zero-order valence-corrected chi connectivity index (χ0v) is 12.0. The normalized spacial score (nSPS) is 20.0. The third-order valence-electron chi connectivity index (χ3n) is 3.72. The third kappa shape index (κ3) is 5.71. The monoisotopic (exact) mass is 256 g/mol. The van der Waals surface area contributed by atoms with E-state index in [2.05, 4.69) is 17.6 Å².